The Bertz CT molecular complexity index is 307. The van der Waals surface area contributed by atoms with E-state index in [2.05, 4.69) is 0 Å². The number of nitrogens with two attached hydrogens (primary N) is 1. The summed E-state index contributed by atoms with van der Waals surface area (Å²) in [6.45, 7) is 1.71. The fraction of sp³-hybridized carbons (Fsp3) is 0.636. The van der Waals surface area contributed by atoms with Crippen molar-refractivity contribution in [3.05, 3.63) is 23.1 Å². The van der Waals surface area contributed by atoms with Crippen LogP contribution in [0.25, 0.3) is 0 Å². The van der Waals surface area contributed by atoms with Crippen LogP contribution in [-0.2, 0) is 4.74 Å². The first-order valence-corrected chi connectivity index (χ1v) is 5.72. The van der Waals surface area contributed by atoms with Gasteiger partial charge in [0, 0.05) is 13.2 Å². The lowest BCUT2D eigenvalue weighted by Gasteiger charge is -2.23. The Hall–Kier alpha value is -0.510. The summed E-state index contributed by atoms with van der Waals surface area (Å²) in [5, 5.41) is 0.410. The molecule has 0 aliphatic carbocycles. The fourth-order valence-corrected chi connectivity index (χ4v) is 2.14. The Labute approximate surface area is 94.5 Å². The van der Waals surface area contributed by atoms with E-state index in [1.54, 1.807) is 6.07 Å². The normalized spacial score (nSPS) is 20.4. The first-order chi connectivity index (χ1) is 7.25. The quantitative estimate of drug-likeness (QED) is 0.867. The second-order valence-corrected chi connectivity index (χ2v) is 4.41. The lowest BCUT2D eigenvalue weighted by Crippen LogP contribution is -2.21. The van der Waals surface area contributed by atoms with Crippen molar-refractivity contribution in [2.75, 3.05) is 13.2 Å². The molecule has 1 unspecified atom stereocenters. The highest BCUT2D eigenvalue weighted by Gasteiger charge is 2.19. The summed E-state index contributed by atoms with van der Waals surface area (Å²) in [7, 11) is 0. The summed E-state index contributed by atoms with van der Waals surface area (Å²) in [6, 6.07) is 3.55. The Morgan fingerprint density at radius 3 is 2.73 bits per heavy atom. The Morgan fingerprint density at radius 2 is 2.13 bits per heavy atom. The molecule has 1 atom stereocenters. The lowest BCUT2D eigenvalue weighted by atomic mass is 9.92. The summed E-state index contributed by atoms with van der Waals surface area (Å²) in [5.41, 5.74) is 6.05. The van der Waals surface area contributed by atoms with Gasteiger partial charge in [-0.25, -0.2) is 0 Å². The molecule has 0 aromatic carbocycles. The van der Waals surface area contributed by atoms with E-state index < -0.39 is 0 Å². The molecule has 1 aromatic rings. The molecule has 3 nitrogen and oxygen atoms in total. The number of halogens is 1. The van der Waals surface area contributed by atoms with E-state index in [4.69, 9.17) is 26.5 Å². The smallest absolute Gasteiger partial charge is 0.193 e. The molecular weight excluding hydrogens is 214 g/mol. The third-order valence-corrected chi connectivity index (χ3v) is 3.09. The maximum Gasteiger partial charge on any atom is 0.193 e. The van der Waals surface area contributed by atoms with Gasteiger partial charge in [0.1, 0.15) is 5.76 Å². The molecule has 1 aliphatic heterocycles. The minimum atomic E-state index is -0.0411. The summed E-state index contributed by atoms with van der Waals surface area (Å²) in [4.78, 5) is 0. The van der Waals surface area contributed by atoms with E-state index in [-0.39, 0.29) is 6.04 Å². The number of hydrogen-bond acceptors (Lipinski definition) is 3. The van der Waals surface area contributed by atoms with Crippen LogP contribution in [0.5, 0.6) is 0 Å². The molecule has 84 valence electrons. The van der Waals surface area contributed by atoms with Crippen LogP contribution in [0.4, 0.5) is 0 Å². The number of ether oxygens (including phenoxy) is 1. The van der Waals surface area contributed by atoms with Crippen molar-refractivity contribution in [1.82, 2.24) is 0 Å². The highest BCUT2D eigenvalue weighted by molar-refractivity contribution is 6.28. The topological polar surface area (TPSA) is 48.4 Å². The second-order valence-electron chi connectivity index (χ2n) is 4.04. The van der Waals surface area contributed by atoms with Crippen molar-refractivity contribution in [2.24, 2.45) is 11.7 Å². The first kappa shape index (κ1) is 11.0. The van der Waals surface area contributed by atoms with E-state index in [0.717, 1.165) is 38.2 Å². The van der Waals surface area contributed by atoms with Gasteiger partial charge in [-0.05, 0) is 48.9 Å². The van der Waals surface area contributed by atoms with Gasteiger partial charge in [-0.15, -0.1) is 0 Å². The van der Waals surface area contributed by atoms with Crippen molar-refractivity contribution >= 4 is 11.6 Å². The molecule has 4 heteroatoms. The van der Waals surface area contributed by atoms with Crippen LogP contribution in [-0.4, -0.2) is 13.2 Å². The fourth-order valence-electron chi connectivity index (χ4n) is 1.98. The molecule has 0 bridgehead atoms. The summed E-state index contributed by atoms with van der Waals surface area (Å²) < 4.78 is 10.6. The van der Waals surface area contributed by atoms with E-state index in [1.165, 1.54) is 0 Å². The predicted octanol–water partition coefficient (Wildman–Crippen LogP) is 2.75. The van der Waals surface area contributed by atoms with Crippen molar-refractivity contribution < 1.29 is 9.15 Å². The molecule has 0 amide bonds. The molecule has 2 rings (SSSR count). The Kier molecular flexibility index (Phi) is 3.67. The Morgan fingerprint density at radius 1 is 1.40 bits per heavy atom. The Balaban J connectivity index is 1.88. The molecule has 1 aromatic heterocycles. The van der Waals surface area contributed by atoms with Gasteiger partial charge >= 0.3 is 0 Å². The van der Waals surface area contributed by atoms with Crippen molar-refractivity contribution in [2.45, 2.75) is 25.3 Å². The van der Waals surface area contributed by atoms with Crippen molar-refractivity contribution in [3.63, 3.8) is 0 Å². The molecule has 2 heterocycles. The zero-order valence-corrected chi connectivity index (χ0v) is 9.37. The second kappa shape index (κ2) is 5.01. The summed E-state index contributed by atoms with van der Waals surface area (Å²) in [6.07, 6.45) is 3.15. The average Bonchev–Trinajstić information content (AvgIpc) is 2.66. The molecule has 1 fully saturated rings. The standard InChI is InChI=1S/C11H16ClNO2/c12-11-2-1-10(15-11)9(13)7-8-3-5-14-6-4-8/h1-2,8-9H,3-7,13H2. The lowest BCUT2D eigenvalue weighted by molar-refractivity contribution is 0.0611. The van der Waals surface area contributed by atoms with Crippen molar-refractivity contribution in [1.29, 1.82) is 0 Å². The third kappa shape index (κ3) is 2.97. The van der Waals surface area contributed by atoms with Gasteiger partial charge in [-0.3, -0.25) is 0 Å². The van der Waals surface area contributed by atoms with Crippen LogP contribution in [0.3, 0.4) is 0 Å². The number of hydrogen-bond donors (Lipinski definition) is 1. The van der Waals surface area contributed by atoms with Crippen LogP contribution in [0.15, 0.2) is 16.5 Å². The van der Waals surface area contributed by atoms with Gasteiger partial charge in [0.2, 0.25) is 0 Å². The predicted molar refractivity (Wildman–Crippen MR) is 58.8 cm³/mol. The van der Waals surface area contributed by atoms with Gasteiger partial charge in [-0.1, -0.05) is 0 Å². The minimum Gasteiger partial charge on any atom is -0.448 e. The van der Waals surface area contributed by atoms with E-state index >= 15 is 0 Å². The van der Waals surface area contributed by atoms with Gasteiger partial charge < -0.3 is 14.9 Å². The van der Waals surface area contributed by atoms with Gasteiger partial charge in [0.05, 0.1) is 6.04 Å². The molecule has 0 spiro atoms. The van der Waals surface area contributed by atoms with Crippen LogP contribution in [0, 0.1) is 5.92 Å². The highest BCUT2D eigenvalue weighted by Crippen LogP contribution is 2.27. The van der Waals surface area contributed by atoms with Crippen LogP contribution < -0.4 is 5.73 Å². The third-order valence-electron chi connectivity index (χ3n) is 2.89. The highest BCUT2D eigenvalue weighted by atomic mass is 35.5. The monoisotopic (exact) mass is 229 g/mol. The first-order valence-electron chi connectivity index (χ1n) is 5.34. The van der Waals surface area contributed by atoms with Crippen LogP contribution >= 0.6 is 11.6 Å². The maximum absolute atomic E-state index is 6.05. The van der Waals surface area contributed by atoms with Crippen LogP contribution in [0.1, 0.15) is 31.1 Å². The summed E-state index contributed by atoms with van der Waals surface area (Å²) in [5.74, 6) is 1.43. The summed E-state index contributed by atoms with van der Waals surface area (Å²) >= 11 is 5.71. The zero-order valence-electron chi connectivity index (χ0n) is 8.62. The minimum absolute atomic E-state index is 0.0411. The number of furan rings is 1. The van der Waals surface area contributed by atoms with Gasteiger partial charge in [-0.2, -0.15) is 0 Å². The van der Waals surface area contributed by atoms with Gasteiger partial charge in [0.25, 0.3) is 0 Å². The molecule has 0 saturated carbocycles. The molecular formula is C11H16ClNO2. The van der Waals surface area contributed by atoms with E-state index in [1.807, 2.05) is 6.07 Å². The SMILES string of the molecule is NC(CC1CCOCC1)c1ccc(Cl)o1. The van der Waals surface area contributed by atoms with Crippen molar-refractivity contribution in [3.8, 4) is 0 Å². The largest absolute Gasteiger partial charge is 0.448 e. The molecule has 1 aliphatic rings. The number of rotatable bonds is 3. The molecule has 2 N–H and O–H groups in total. The van der Waals surface area contributed by atoms with Crippen LogP contribution in [0.2, 0.25) is 5.22 Å². The maximum atomic E-state index is 6.05. The molecule has 15 heavy (non-hydrogen) atoms. The average molecular weight is 230 g/mol. The van der Waals surface area contributed by atoms with E-state index in [9.17, 15) is 0 Å². The molecule has 1 saturated heterocycles. The van der Waals surface area contributed by atoms with E-state index in [0.29, 0.717) is 11.1 Å². The molecule has 0 radical (unpaired) electrons. The van der Waals surface area contributed by atoms with Gasteiger partial charge in [0.15, 0.2) is 5.22 Å². The zero-order chi connectivity index (χ0) is 10.7.